The zero-order chi connectivity index (χ0) is 35.5. The van der Waals surface area contributed by atoms with E-state index in [0.717, 1.165) is 41.2 Å². The van der Waals surface area contributed by atoms with Crippen molar-refractivity contribution in [3.05, 3.63) is 102 Å². The SMILES string of the molecule is CC(C)(C)OC(=O)N1CCN(C(=O)c2ncn(-c3cccc(N4CCOCC4)c3)c2-c2ccccc2)[C@H](Cc2ccc(C3=NC(O)ON3)cc2)C1. The number of aromatic nitrogens is 2. The van der Waals surface area contributed by atoms with E-state index in [1.807, 2.05) is 97.0 Å². The monoisotopic (exact) mass is 693 g/mol. The zero-order valence-electron chi connectivity index (χ0n) is 29.1. The van der Waals surface area contributed by atoms with E-state index < -0.39 is 18.1 Å². The summed E-state index contributed by atoms with van der Waals surface area (Å²) in [4.78, 5) is 47.5. The van der Waals surface area contributed by atoms with Crippen LogP contribution >= 0.6 is 0 Å². The molecule has 0 saturated carbocycles. The Morgan fingerprint density at radius 2 is 1.67 bits per heavy atom. The van der Waals surface area contributed by atoms with Gasteiger partial charge < -0.3 is 29.3 Å². The molecule has 0 spiro atoms. The van der Waals surface area contributed by atoms with E-state index in [1.165, 1.54) is 0 Å². The first-order valence-corrected chi connectivity index (χ1v) is 17.2. The molecule has 2 N–H and O–H groups in total. The van der Waals surface area contributed by atoms with Crippen LogP contribution in [0.15, 0.2) is 90.2 Å². The fourth-order valence-electron chi connectivity index (χ4n) is 6.64. The summed E-state index contributed by atoms with van der Waals surface area (Å²) in [6.45, 7) is 9.44. The smallest absolute Gasteiger partial charge is 0.410 e. The van der Waals surface area contributed by atoms with Gasteiger partial charge in [0.1, 0.15) is 11.9 Å². The van der Waals surface area contributed by atoms with Gasteiger partial charge in [0.25, 0.3) is 12.3 Å². The minimum atomic E-state index is -1.25. The number of morpholine rings is 1. The number of amidine groups is 1. The Balaban J connectivity index is 1.21. The van der Waals surface area contributed by atoms with Crippen LogP contribution < -0.4 is 10.4 Å². The molecule has 2 atom stereocenters. The molecule has 3 aliphatic rings. The van der Waals surface area contributed by atoms with Crippen LogP contribution in [0.25, 0.3) is 16.9 Å². The topological polar surface area (TPSA) is 134 Å². The molecule has 13 nitrogen and oxygen atoms in total. The number of nitrogens with one attached hydrogen (secondary N) is 1. The lowest BCUT2D eigenvalue weighted by Gasteiger charge is -2.41. The molecule has 0 bridgehead atoms. The number of ether oxygens (including phenoxy) is 2. The fraction of sp³-hybridized carbons (Fsp3) is 0.368. The molecule has 51 heavy (non-hydrogen) atoms. The number of piperazine rings is 1. The normalized spacial score (nSPS) is 19.5. The van der Waals surface area contributed by atoms with E-state index in [-0.39, 0.29) is 11.9 Å². The number of hydrogen-bond acceptors (Lipinski definition) is 10. The third-order valence-corrected chi connectivity index (χ3v) is 9.10. The van der Waals surface area contributed by atoms with E-state index in [2.05, 4.69) is 27.5 Å². The Morgan fingerprint density at radius 3 is 2.37 bits per heavy atom. The molecule has 4 aromatic rings. The first-order valence-electron chi connectivity index (χ1n) is 17.2. The Hall–Kier alpha value is -5.24. The predicted octanol–water partition coefficient (Wildman–Crippen LogP) is 4.24. The van der Waals surface area contributed by atoms with Gasteiger partial charge in [-0.15, -0.1) is 0 Å². The summed E-state index contributed by atoms with van der Waals surface area (Å²) in [5.74, 6) is 0.220. The van der Waals surface area contributed by atoms with E-state index >= 15 is 0 Å². The highest BCUT2D eigenvalue weighted by Gasteiger charge is 2.37. The van der Waals surface area contributed by atoms with Gasteiger partial charge in [-0.25, -0.2) is 25.1 Å². The zero-order valence-corrected chi connectivity index (χ0v) is 29.1. The van der Waals surface area contributed by atoms with Gasteiger partial charge in [0.2, 0.25) is 0 Å². The molecule has 0 aliphatic carbocycles. The van der Waals surface area contributed by atoms with E-state index in [0.29, 0.717) is 56.5 Å². The van der Waals surface area contributed by atoms with Crippen LogP contribution in [-0.2, 0) is 20.7 Å². The van der Waals surface area contributed by atoms with Crippen molar-refractivity contribution in [2.24, 2.45) is 4.99 Å². The van der Waals surface area contributed by atoms with Crippen LogP contribution in [0.5, 0.6) is 0 Å². The first-order chi connectivity index (χ1) is 24.6. The minimum absolute atomic E-state index is 0.210. The maximum absolute atomic E-state index is 14.7. The van der Waals surface area contributed by atoms with Crippen LogP contribution in [0.2, 0.25) is 0 Å². The number of benzene rings is 3. The first kappa shape index (κ1) is 34.2. The number of hydroxylamine groups is 1. The lowest BCUT2D eigenvalue weighted by Crippen LogP contribution is -2.58. The standard InChI is InChI=1S/C38H43N7O6/c1-38(2,3)50-37(48)43-16-17-44(31(24-43)22-26-12-14-28(15-13-26)34-40-36(47)51-41-34)35(46)32-33(27-8-5-4-6-9-27)45(25-39-32)30-11-7-10-29(23-30)42-18-20-49-21-19-42/h4-15,23,25,31,36,47H,16-22,24H2,1-3H3,(H,40,41)/t31-,36?/m1/s1. The molecule has 1 unspecified atom stereocenters. The number of aliphatic imine (C=N–C) groups is 1. The second kappa shape index (κ2) is 14.5. The van der Waals surface area contributed by atoms with Crippen molar-refractivity contribution >= 4 is 23.5 Å². The molecule has 2 amide bonds. The molecule has 266 valence electrons. The summed E-state index contributed by atoms with van der Waals surface area (Å²) in [6, 6.07) is 25.4. The Morgan fingerprint density at radius 1 is 0.922 bits per heavy atom. The maximum Gasteiger partial charge on any atom is 0.410 e. The molecular formula is C38H43N7O6. The van der Waals surface area contributed by atoms with E-state index in [9.17, 15) is 14.7 Å². The van der Waals surface area contributed by atoms with Crippen LogP contribution in [0.3, 0.4) is 0 Å². The number of rotatable bonds is 7. The van der Waals surface area contributed by atoms with Gasteiger partial charge in [0.15, 0.2) is 11.5 Å². The summed E-state index contributed by atoms with van der Waals surface area (Å²) in [6.07, 6.45) is 0.540. The number of aliphatic hydroxyl groups excluding tert-OH is 1. The van der Waals surface area contributed by atoms with E-state index in [1.54, 1.807) is 11.2 Å². The van der Waals surface area contributed by atoms with Crippen molar-refractivity contribution in [2.75, 3.05) is 50.8 Å². The van der Waals surface area contributed by atoms with Gasteiger partial charge >= 0.3 is 6.09 Å². The minimum Gasteiger partial charge on any atom is -0.444 e. The average molecular weight is 694 g/mol. The number of carbonyl (C=O) groups excluding carboxylic acids is 2. The molecule has 0 radical (unpaired) electrons. The summed E-state index contributed by atoms with van der Waals surface area (Å²) in [5, 5.41) is 9.61. The molecule has 7 rings (SSSR count). The number of aliphatic hydroxyl groups is 1. The molecule has 1 aromatic heterocycles. The highest BCUT2D eigenvalue weighted by molar-refractivity contribution is 5.99. The van der Waals surface area contributed by atoms with Gasteiger partial charge in [0, 0.05) is 55.2 Å². The molecule has 13 heteroatoms. The van der Waals surface area contributed by atoms with Gasteiger partial charge in [-0.2, -0.15) is 0 Å². The molecule has 2 fully saturated rings. The summed E-state index contributed by atoms with van der Waals surface area (Å²) in [7, 11) is 0. The van der Waals surface area contributed by atoms with Crippen LogP contribution in [0.1, 0.15) is 42.4 Å². The lowest BCUT2D eigenvalue weighted by atomic mass is 9.99. The largest absolute Gasteiger partial charge is 0.444 e. The van der Waals surface area contributed by atoms with Crippen LogP contribution in [0.4, 0.5) is 10.5 Å². The van der Waals surface area contributed by atoms with Crippen molar-refractivity contribution in [3.63, 3.8) is 0 Å². The predicted molar refractivity (Wildman–Crippen MR) is 192 cm³/mol. The van der Waals surface area contributed by atoms with Crippen molar-refractivity contribution < 1.29 is 29.0 Å². The maximum atomic E-state index is 14.7. The lowest BCUT2D eigenvalue weighted by molar-refractivity contribution is -0.102. The second-order valence-electron chi connectivity index (χ2n) is 13.8. The second-order valence-corrected chi connectivity index (χ2v) is 13.8. The quantitative estimate of drug-likeness (QED) is 0.292. The summed E-state index contributed by atoms with van der Waals surface area (Å²) < 4.78 is 13.3. The number of hydrogen-bond donors (Lipinski definition) is 2. The number of nitrogens with zero attached hydrogens (tertiary/aromatic N) is 6. The molecule has 3 aliphatic heterocycles. The van der Waals surface area contributed by atoms with Crippen molar-refractivity contribution in [1.29, 1.82) is 0 Å². The van der Waals surface area contributed by atoms with Crippen LogP contribution in [-0.4, -0.2) is 106 Å². The van der Waals surface area contributed by atoms with E-state index in [4.69, 9.17) is 19.3 Å². The third kappa shape index (κ3) is 7.75. The number of anilines is 1. The van der Waals surface area contributed by atoms with Gasteiger partial charge in [-0.1, -0.05) is 60.7 Å². The van der Waals surface area contributed by atoms with Gasteiger partial charge in [-0.05, 0) is 51.0 Å². The van der Waals surface area contributed by atoms with Crippen molar-refractivity contribution in [2.45, 2.75) is 45.2 Å². The number of carbonyl (C=O) groups is 2. The highest BCUT2D eigenvalue weighted by atomic mass is 16.7. The third-order valence-electron chi connectivity index (χ3n) is 9.10. The van der Waals surface area contributed by atoms with Gasteiger partial charge in [0.05, 0.1) is 24.9 Å². The van der Waals surface area contributed by atoms with Gasteiger partial charge in [-0.3, -0.25) is 9.36 Å². The Labute approximate surface area is 297 Å². The molecular weight excluding hydrogens is 650 g/mol. The molecule has 3 aromatic carbocycles. The number of imidazole rings is 1. The Kier molecular flexibility index (Phi) is 9.76. The fourth-order valence-corrected chi connectivity index (χ4v) is 6.64. The summed E-state index contributed by atoms with van der Waals surface area (Å²) in [5.41, 5.74) is 7.57. The molecule has 4 heterocycles. The Bertz CT molecular complexity index is 1880. The average Bonchev–Trinajstić information content (AvgIpc) is 3.79. The van der Waals surface area contributed by atoms with Crippen molar-refractivity contribution in [1.82, 2.24) is 24.8 Å². The molecule has 2 saturated heterocycles. The highest BCUT2D eigenvalue weighted by Crippen LogP contribution is 2.31. The summed E-state index contributed by atoms with van der Waals surface area (Å²) >= 11 is 0. The number of amides is 2. The van der Waals surface area contributed by atoms with Crippen LogP contribution in [0, 0.1) is 0 Å². The van der Waals surface area contributed by atoms with Crippen molar-refractivity contribution in [3.8, 4) is 16.9 Å².